The zero-order valence-electron chi connectivity index (χ0n) is 21.8. The van der Waals surface area contributed by atoms with E-state index in [0.29, 0.717) is 40.8 Å². The molecule has 5 rings (SSSR count). The van der Waals surface area contributed by atoms with Crippen molar-refractivity contribution in [2.24, 2.45) is 0 Å². The van der Waals surface area contributed by atoms with Crippen LogP contribution in [0.2, 0.25) is 0 Å². The van der Waals surface area contributed by atoms with E-state index in [4.69, 9.17) is 30.5 Å². The molecule has 1 aliphatic rings. The van der Waals surface area contributed by atoms with Crippen LogP contribution in [0.15, 0.2) is 61.1 Å². The number of aliphatic carboxylic acids is 2. The number of amides is 2. The van der Waals surface area contributed by atoms with Gasteiger partial charge in [-0.15, -0.1) is 0 Å². The van der Waals surface area contributed by atoms with Crippen LogP contribution < -0.4 is 11.1 Å². The molecule has 1 fully saturated rings. The fraction of sp³-hybridized carbons (Fsp3) is 0.179. The highest BCUT2D eigenvalue weighted by Gasteiger charge is 2.33. The third kappa shape index (κ3) is 6.28. The SMILES string of the molecule is CC#CC(=O)N1CCCC1c1nc(-c2ccc(C(=O)Nc3ccccn3)cc2)c2c(N)nccn12.O=C(O)C(=O)O. The number of nitrogens with one attached hydrogen (secondary N) is 1. The van der Waals surface area contributed by atoms with Crippen molar-refractivity contribution in [3.8, 4) is 23.1 Å². The number of nitrogens with zero attached hydrogens (tertiary/aromatic N) is 5. The van der Waals surface area contributed by atoms with Crippen LogP contribution in [0.4, 0.5) is 11.6 Å². The van der Waals surface area contributed by atoms with E-state index >= 15 is 0 Å². The number of nitrogen functional groups attached to an aromatic ring is 1. The molecule has 1 atom stereocenters. The Hall–Kier alpha value is -5.77. The summed E-state index contributed by atoms with van der Waals surface area (Å²) in [4.78, 5) is 58.4. The molecule has 0 saturated carbocycles. The average Bonchev–Trinajstić information content (AvgIpc) is 3.60. The van der Waals surface area contributed by atoms with Gasteiger partial charge in [0.15, 0.2) is 0 Å². The molecule has 1 aliphatic heterocycles. The molecule has 1 saturated heterocycles. The number of nitrogens with two attached hydrogens (primary N) is 1. The van der Waals surface area contributed by atoms with Gasteiger partial charge < -0.3 is 26.2 Å². The summed E-state index contributed by atoms with van der Waals surface area (Å²) in [5.41, 5.74) is 8.84. The first kappa shape index (κ1) is 28.2. The van der Waals surface area contributed by atoms with Crippen molar-refractivity contribution < 1.29 is 29.4 Å². The molecule has 2 amide bonds. The highest BCUT2D eigenvalue weighted by atomic mass is 16.4. The van der Waals surface area contributed by atoms with Gasteiger partial charge in [-0.25, -0.2) is 24.5 Å². The molecule has 0 radical (unpaired) electrons. The highest BCUT2D eigenvalue weighted by molar-refractivity contribution is 6.27. The Labute approximate surface area is 233 Å². The van der Waals surface area contributed by atoms with Crippen molar-refractivity contribution in [2.45, 2.75) is 25.8 Å². The van der Waals surface area contributed by atoms with Gasteiger partial charge in [-0.2, -0.15) is 0 Å². The molecule has 1 unspecified atom stereocenters. The van der Waals surface area contributed by atoms with Crippen LogP contribution >= 0.6 is 0 Å². The Bertz CT molecular complexity index is 1660. The van der Waals surface area contributed by atoms with E-state index in [1.807, 2.05) is 16.5 Å². The molecular formula is C28H25N7O6. The molecule has 0 bridgehead atoms. The molecule has 208 valence electrons. The van der Waals surface area contributed by atoms with Crippen LogP contribution in [0.1, 0.15) is 42.0 Å². The van der Waals surface area contributed by atoms with Crippen molar-refractivity contribution in [2.75, 3.05) is 17.6 Å². The lowest BCUT2D eigenvalue weighted by atomic mass is 10.1. The first-order valence-corrected chi connectivity index (χ1v) is 12.4. The van der Waals surface area contributed by atoms with E-state index in [2.05, 4.69) is 27.1 Å². The van der Waals surface area contributed by atoms with Crippen molar-refractivity contribution in [3.05, 3.63) is 72.4 Å². The minimum Gasteiger partial charge on any atom is -0.473 e. The average molecular weight is 556 g/mol. The number of imidazole rings is 1. The first-order chi connectivity index (χ1) is 19.7. The highest BCUT2D eigenvalue weighted by Crippen LogP contribution is 2.36. The van der Waals surface area contributed by atoms with Gasteiger partial charge in [-0.05, 0) is 50.0 Å². The van der Waals surface area contributed by atoms with E-state index in [9.17, 15) is 9.59 Å². The topological polar surface area (TPSA) is 193 Å². The van der Waals surface area contributed by atoms with Crippen LogP contribution in [0.3, 0.4) is 0 Å². The third-order valence-corrected chi connectivity index (χ3v) is 6.16. The van der Waals surface area contributed by atoms with Crippen LogP contribution in [0.25, 0.3) is 16.8 Å². The van der Waals surface area contributed by atoms with Gasteiger partial charge in [0.25, 0.3) is 11.8 Å². The molecule has 41 heavy (non-hydrogen) atoms. The van der Waals surface area contributed by atoms with E-state index in [-0.39, 0.29) is 17.9 Å². The van der Waals surface area contributed by atoms with Crippen LogP contribution in [0, 0.1) is 11.8 Å². The number of carbonyl (C=O) groups is 4. The summed E-state index contributed by atoms with van der Waals surface area (Å²) in [5, 5.41) is 17.6. The van der Waals surface area contributed by atoms with Gasteiger partial charge in [0, 0.05) is 36.3 Å². The second kappa shape index (κ2) is 12.4. The Kier molecular flexibility index (Phi) is 8.54. The molecule has 1 aromatic carbocycles. The monoisotopic (exact) mass is 555 g/mol. The largest absolute Gasteiger partial charge is 0.473 e. The molecule has 13 nitrogen and oxygen atoms in total. The molecule has 4 heterocycles. The molecule has 0 aliphatic carbocycles. The molecule has 13 heteroatoms. The normalized spacial score (nSPS) is 13.9. The van der Waals surface area contributed by atoms with Gasteiger partial charge in [0.05, 0.1) is 6.04 Å². The third-order valence-electron chi connectivity index (χ3n) is 6.16. The van der Waals surface area contributed by atoms with Gasteiger partial charge in [-0.1, -0.05) is 24.1 Å². The lowest BCUT2D eigenvalue weighted by molar-refractivity contribution is -0.159. The van der Waals surface area contributed by atoms with Gasteiger partial charge in [-0.3, -0.25) is 14.0 Å². The van der Waals surface area contributed by atoms with Crippen LogP contribution in [-0.2, 0) is 14.4 Å². The molecule has 5 N–H and O–H groups in total. The fourth-order valence-corrected chi connectivity index (χ4v) is 4.39. The number of rotatable bonds is 4. The number of anilines is 2. The zero-order chi connectivity index (χ0) is 29.5. The number of pyridine rings is 1. The Morgan fingerprint density at radius 3 is 2.39 bits per heavy atom. The maximum Gasteiger partial charge on any atom is 0.414 e. The van der Waals surface area contributed by atoms with Crippen molar-refractivity contribution >= 4 is 40.9 Å². The Morgan fingerprint density at radius 1 is 1.02 bits per heavy atom. The van der Waals surface area contributed by atoms with Gasteiger partial charge >= 0.3 is 11.9 Å². The van der Waals surface area contributed by atoms with Gasteiger partial charge in [0.1, 0.15) is 28.7 Å². The zero-order valence-corrected chi connectivity index (χ0v) is 21.8. The summed E-state index contributed by atoms with van der Waals surface area (Å²) in [5.74, 6) is 2.74. The minimum absolute atomic E-state index is 0.210. The van der Waals surface area contributed by atoms with Gasteiger partial charge in [0.2, 0.25) is 0 Å². The number of aromatic nitrogens is 4. The van der Waals surface area contributed by atoms with E-state index in [1.165, 1.54) is 0 Å². The molecular weight excluding hydrogens is 530 g/mol. The summed E-state index contributed by atoms with van der Waals surface area (Å²) in [6.45, 7) is 2.28. The number of hydrogen-bond acceptors (Lipinski definition) is 8. The van der Waals surface area contributed by atoms with E-state index in [1.54, 1.807) is 60.7 Å². The fourth-order valence-electron chi connectivity index (χ4n) is 4.39. The number of carboxylic acid groups (broad SMARTS) is 2. The van der Waals surface area contributed by atoms with E-state index < -0.39 is 11.9 Å². The van der Waals surface area contributed by atoms with Crippen molar-refractivity contribution in [1.29, 1.82) is 0 Å². The summed E-state index contributed by atoms with van der Waals surface area (Å²) >= 11 is 0. The lowest BCUT2D eigenvalue weighted by Crippen LogP contribution is -2.30. The molecule has 0 spiro atoms. The number of carboxylic acids is 2. The summed E-state index contributed by atoms with van der Waals surface area (Å²) in [7, 11) is 0. The molecule has 3 aromatic heterocycles. The second-order valence-electron chi connectivity index (χ2n) is 8.74. The van der Waals surface area contributed by atoms with E-state index in [0.717, 1.165) is 18.4 Å². The first-order valence-electron chi connectivity index (χ1n) is 12.4. The number of fused-ring (bicyclic) bond motifs is 1. The number of benzene rings is 1. The number of carbonyl (C=O) groups excluding carboxylic acids is 2. The minimum atomic E-state index is -1.82. The Morgan fingerprint density at radius 2 is 1.76 bits per heavy atom. The number of hydrogen-bond donors (Lipinski definition) is 4. The summed E-state index contributed by atoms with van der Waals surface area (Å²) in [6, 6.07) is 12.2. The van der Waals surface area contributed by atoms with Crippen molar-refractivity contribution in [1.82, 2.24) is 24.3 Å². The molecule has 4 aromatic rings. The predicted octanol–water partition coefficient (Wildman–Crippen LogP) is 2.47. The second-order valence-corrected chi connectivity index (χ2v) is 8.74. The maximum atomic E-state index is 12.6. The quantitative estimate of drug-likeness (QED) is 0.215. The van der Waals surface area contributed by atoms with Crippen molar-refractivity contribution in [3.63, 3.8) is 0 Å². The van der Waals surface area contributed by atoms with Crippen LogP contribution in [-0.4, -0.2) is 64.8 Å². The number of likely N-dealkylation sites (tertiary alicyclic amines) is 1. The summed E-state index contributed by atoms with van der Waals surface area (Å²) < 4.78 is 1.90. The smallest absolute Gasteiger partial charge is 0.414 e. The lowest BCUT2D eigenvalue weighted by Gasteiger charge is -2.21. The predicted molar refractivity (Wildman–Crippen MR) is 147 cm³/mol. The Balaban J connectivity index is 0.000000585. The standard InChI is InChI=1S/C26H23N7O2.C2H2O4/c1-2-6-21(34)32-15-5-7-19(32)25-31-22(23-24(27)29-14-16-33(23)25)17-9-11-18(12-10-17)26(35)30-20-8-3-4-13-28-20;3-1(4)2(5)6/h3-4,8-14,16,19H,5,7,15H2,1H3,(H2,27,29)(H,28,30,35);(H,3,4)(H,5,6). The summed E-state index contributed by atoms with van der Waals surface area (Å²) in [6.07, 6.45) is 6.69. The van der Waals surface area contributed by atoms with Crippen LogP contribution in [0.5, 0.6) is 0 Å². The maximum absolute atomic E-state index is 12.6.